The molecule has 0 radical (unpaired) electrons. The Morgan fingerprint density at radius 3 is 2.80 bits per heavy atom. The van der Waals surface area contributed by atoms with Crippen LogP contribution in [-0.2, 0) is 13.1 Å². The van der Waals surface area contributed by atoms with Crippen molar-refractivity contribution in [3.8, 4) is 11.5 Å². The van der Waals surface area contributed by atoms with E-state index in [4.69, 9.17) is 15.2 Å². The SMILES string of the molecule is CN(C)C(=O)Oc1ccc2c(c1)OC(=O)N(Cc1cccc(N)c1)C2. The Hall–Kier alpha value is -3.22. The summed E-state index contributed by atoms with van der Waals surface area (Å²) in [6, 6.07) is 12.4. The Morgan fingerprint density at radius 2 is 2.08 bits per heavy atom. The number of carbonyl (C=O) groups excluding carboxylic acids is 2. The lowest BCUT2D eigenvalue weighted by Crippen LogP contribution is -2.36. The van der Waals surface area contributed by atoms with Crippen LogP contribution in [0, 0.1) is 0 Å². The molecule has 0 saturated heterocycles. The molecule has 2 aromatic carbocycles. The highest BCUT2D eigenvalue weighted by Gasteiger charge is 2.25. The number of amides is 2. The first kappa shape index (κ1) is 16.6. The highest BCUT2D eigenvalue weighted by atomic mass is 16.6. The minimum absolute atomic E-state index is 0.328. The predicted octanol–water partition coefficient (Wildman–Crippen LogP) is 2.84. The summed E-state index contributed by atoms with van der Waals surface area (Å²) < 4.78 is 10.6. The van der Waals surface area contributed by atoms with Crippen LogP contribution in [-0.4, -0.2) is 36.1 Å². The number of rotatable bonds is 3. The van der Waals surface area contributed by atoms with Crippen molar-refractivity contribution in [3.63, 3.8) is 0 Å². The molecule has 0 spiro atoms. The predicted molar refractivity (Wildman–Crippen MR) is 92.3 cm³/mol. The molecule has 25 heavy (non-hydrogen) atoms. The van der Waals surface area contributed by atoms with Crippen molar-refractivity contribution in [2.24, 2.45) is 0 Å². The number of anilines is 1. The van der Waals surface area contributed by atoms with E-state index in [1.54, 1.807) is 43.3 Å². The van der Waals surface area contributed by atoms with Gasteiger partial charge in [-0.25, -0.2) is 9.59 Å². The lowest BCUT2D eigenvalue weighted by atomic mass is 10.1. The third kappa shape index (κ3) is 3.82. The molecule has 0 atom stereocenters. The molecule has 1 aliphatic rings. The zero-order valence-corrected chi connectivity index (χ0v) is 14.1. The third-order valence-corrected chi connectivity index (χ3v) is 3.75. The van der Waals surface area contributed by atoms with Crippen molar-refractivity contribution in [1.29, 1.82) is 0 Å². The number of carbonyl (C=O) groups is 2. The molecule has 0 bridgehead atoms. The van der Waals surface area contributed by atoms with Gasteiger partial charge in [-0.15, -0.1) is 0 Å². The van der Waals surface area contributed by atoms with Gasteiger partial charge in [0.1, 0.15) is 11.5 Å². The molecule has 3 rings (SSSR count). The Balaban J connectivity index is 1.74. The normalized spacial score (nSPS) is 13.0. The maximum atomic E-state index is 12.2. The number of nitrogens with two attached hydrogens (primary N) is 1. The molecule has 0 fully saturated rings. The quantitative estimate of drug-likeness (QED) is 0.868. The molecule has 1 aliphatic heterocycles. The minimum atomic E-state index is -0.495. The van der Waals surface area contributed by atoms with Gasteiger partial charge in [0, 0.05) is 38.0 Å². The highest BCUT2D eigenvalue weighted by Crippen LogP contribution is 2.31. The fourth-order valence-electron chi connectivity index (χ4n) is 2.48. The van der Waals surface area contributed by atoms with Gasteiger partial charge in [0.15, 0.2) is 0 Å². The van der Waals surface area contributed by atoms with Gasteiger partial charge in [-0.05, 0) is 29.8 Å². The molecule has 2 aromatic rings. The number of hydrogen-bond acceptors (Lipinski definition) is 5. The molecular weight excluding hydrogens is 322 g/mol. The molecule has 2 N–H and O–H groups in total. The van der Waals surface area contributed by atoms with Crippen LogP contribution in [0.2, 0.25) is 0 Å². The largest absolute Gasteiger partial charge is 0.415 e. The van der Waals surface area contributed by atoms with Crippen LogP contribution in [0.4, 0.5) is 15.3 Å². The van der Waals surface area contributed by atoms with Gasteiger partial charge in [0.05, 0.1) is 6.54 Å². The fourth-order valence-corrected chi connectivity index (χ4v) is 2.48. The van der Waals surface area contributed by atoms with Crippen LogP contribution >= 0.6 is 0 Å². The molecule has 2 amide bonds. The van der Waals surface area contributed by atoms with E-state index in [1.165, 1.54) is 4.90 Å². The Kier molecular flexibility index (Phi) is 4.47. The first-order valence-electron chi connectivity index (χ1n) is 7.75. The van der Waals surface area contributed by atoms with E-state index in [9.17, 15) is 9.59 Å². The van der Waals surface area contributed by atoms with Crippen LogP contribution in [0.1, 0.15) is 11.1 Å². The number of benzene rings is 2. The molecule has 1 heterocycles. The zero-order valence-electron chi connectivity index (χ0n) is 14.1. The number of fused-ring (bicyclic) bond motifs is 1. The van der Waals surface area contributed by atoms with Gasteiger partial charge in [0.2, 0.25) is 0 Å². The van der Waals surface area contributed by atoms with Crippen molar-refractivity contribution in [3.05, 3.63) is 53.6 Å². The monoisotopic (exact) mass is 341 g/mol. The van der Waals surface area contributed by atoms with Gasteiger partial charge in [-0.1, -0.05) is 12.1 Å². The highest BCUT2D eigenvalue weighted by molar-refractivity contribution is 5.74. The first-order chi connectivity index (χ1) is 11.9. The maximum absolute atomic E-state index is 12.2. The van der Waals surface area contributed by atoms with Crippen molar-refractivity contribution < 1.29 is 19.1 Å². The van der Waals surface area contributed by atoms with Gasteiger partial charge in [-0.3, -0.25) is 4.90 Å². The second kappa shape index (κ2) is 6.72. The molecule has 0 aromatic heterocycles. The number of ether oxygens (including phenoxy) is 2. The van der Waals surface area contributed by atoms with Crippen molar-refractivity contribution in [2.75, 3.05) is 19.8 Å². The van der Waals surface area contributed by atoms with Crippen LogP contribution in [0.25, 0.3) is 0 Å². The van der Waals surface area contributed by atoms with Crippen molar-refractivity contribution in [2.45, 2.75) is 13.1 Å². The van der Waals surface area contributed by atoms with Crippen molar-refractivity contribution in [1.82, 2.24) is 9.80 Å². The molecule has 7 nitrogen and oxygen atoms in total. The topological polar surface area (TPSA) is 85.1 Å². The van der Waals surface area contributed by atoms with E-state index >= 15 is 0 Å². The van der Waals surface area contributed by atoms with Crippen LogP contribution in [0.15, 0.2) is 42.5 Å². The molecule has 7 heteroatoms. The Bertz CT molecular complexity index is 820. The summed E-state index contributed by atoms with van der Waals surface area (Å²) in [5, 5.41) is 0. The number of hydrogen-bond donors (Lipinski definition) is 1. The van der Waals surface area contributed by atoms with E-state index in [0.717, 1.165) is 11.1 Å². The van der Waals surface area contributed by atoms with Crippen LogP contribution in [0.3, 0.4) is 0 Å². The minimum Gasteiger partial charge on any atom is -0.410 e. The first-order valence-corrected chi connectivity index (χ1v) is 7.75. The van der Waals surface area contributed by atoms with Crippen LogP contribution < -0.4 is 15.2 Å². The maximum Gasteiger partial charge on any atom is 0.415 e. The molecular formula is C18H19N3O4. The summed E-state index contributed by atoms with van der Waals surface area (Å²) in [5.74, 6) is 0.729. The summed E-state index contributed by atoms with van der Waals surface area (Å²) in [5.41, 5.74) is 8.19. The van der Waals surface area contributed by atoms with E-state index < -0.39 is 12.2 Å². The number of nitrogen functional groups attached to an aromatic ring is 1. The average molecular weight is 341 g/mol. The number of nitrogens with zero attached hydrogens (tertiary/aromatic N) is 2. The van der Waals surface area contributed by atoms with Gasteiger partial charge in [0.25, 0.3) is 0 Å². The lowest BCUT2D eigenvalue weighted by Gasteiger charge is -2.28. The van der Waals surface area contributed by atoms with Gasteiger partial charge >= 0.3 is 12.2 Å². The summed E-state index contributed by atoms with van der Waals surface area (Å²) in [7, 11) is 3.18. The summed E-state index contributed by atoms with van der Waals surface area (Å²) in [6.45, 7) is 0.811. The fraction of sp³-hybridized carbons (Fsp3) is 0.222. The average Bonchev–Trinajstić information content (AvgIpc) is 2.55. The van der Waals surface area contributed by atoms with Gasteiger partial charge in [-0.2, -0.15) is 0 Å². The Labute approximate surface area is 145 Å². The molecule has 0 unspecified atom stereocenters. The van der Waals surface area contributed by atoms with E-state index in [0.29, 0.717) is 30.3 Å². The van der Waals surface area contributed by atoms with E-state index in [1.807, 2.05) is 18.2 Å². The summed E-state index contributed by atoms with van der Waals surface area (Å²) in [6.07, 6.45) is -0.948. The summed E-state index contributed by atoms with van der Waals surface area (Å²) in [4.78, 5) is 26.8. The molecule has 0 aliphatic carbocycles. The molecule has 0 saturated carbocycles. The Morgan fingerprint density at radius 1 is 1.28 bits per heavy atom. The van der Waals surface area contributed by atoms with Crippen LogP contribution in [0.5, 0.6) is 11.5 Å². The summed E-state index contributed by atoms with van der Waals surface area (Å²) >= 11 is 0. The smallest absolute Gasteiger partial charge is 0.410 e. The standard InChI is InChI=1S/C18H19N3O4/c1-20(2)17(22)24-15-7-6-13-11-21(18(23)25-16(13)9-15)10-12-4-3-5-14(19)8-12/h3-9H,10-11,19H2,1-2H3. The van der Waals surface area contributed by atoms with Gasteiger partial charge < -0.3 is 20.1 Å². The third-order valence-electron chi connectivity index (χ3n) is 3.75. The van der Waals surface area contributed by atoms with Crippen molar-refractivity contribution >= 4 is 17.9 Å². The second-order valence-electron chi connectivity index (χ2n) is 6.00. The van der Waals surface area contributed by atoms with E-state index in [2.05, 4.69) is 0 Å². The lowest BCUT2D eigenvalue weighted by molar-refractivity contribution is 0.135. The molecule has 130 valence electrons. The zero-order chi connectivity index (χ0) is 18.0. The van der Waals surface area contributed by atoms with E-state index in [-0.39, 0.29) is 0 Å². The second-order valence-corrected chi connectivity index (χ2v) is 6.00.